The lowest BCUT2D eigenvalue weighted by Crippen LogP contribution is -2.18. The molecule has 0 N–H and O–H groups in total. The lowest BCUT2D eigenvalue weighted by Gasteiger charge is -2.14. The molecular formula is C20H23N5O3. The number of aromatic nitrogens is 5. The first-order valence-electron chi connectivity index (χ1n) is 9.39. The number of aryl methyl sites for hydroxylation is 1. The van der Waals surface area contributed by atoms with Crippen molar-refractivity contribution in [2.24, 2.45) is 0 Å². The van der Waals surface area contributed by atoms with E-state index in [9.17, 15) is 4.79 Å². The molecule has 1 fully saturated rings. The van der Waals surface area contributed by atoms with Crippen LogP contribution in [0.3, 0.4) is 0 Å². The molecule has 0 bridgehead atoms. The van der Waals surface area contributed by atoms with Crippen molar-refractivity contribution in [2.45, 2.75) is 39.3 Å². The number of ketones is 1. The van der Waals surface area contributed by atoms with Gasteiger partial charge in [-0.3, -0.25) is 4.79 Å². The molecule has 3 heterocycles. The van der Waals surface area contributed by atoms with Gasteiger partial charge in [-0.15, -0.1) is 5.10 Å². The van der Waals surface area contributed by atoms with Crippen molar-refractivity contribution in [3.8, 4) is 11.4 Å². The van der Waals surface area contributed by atoms with Gasteiger partial charge in [0.25, 0.3) is 0 Å². The van der Waals surface area contributed by atoms with E-state index in [-0.39, 0.29) is 18.5 Å². The van der Waals surface area contributed by atoms with Crippen LogP contribution in [0.25, 0.3) is 5.69 Å². The van der Waals surface area contributed by atoms with Gasteiger partial charge >= 0.3 is 0 Å². The van der Waals surface area contributed by atoms with E-state index >= 15 is 0 Å². The third-order valence-corrected chi connectivity index (χ3v) is 5.10. The van der Waals surface area contributed by atoms with Gasteiger partial charge in [-0.05, 0) is 67.4 Å². The van der Waals surface area contributed by atoms with E-state index in [1.165, 1.54) is 6.33 Å². The lowest BCUT2D eigenvalue weighted by molar-refractivity contribution is 0.0914. The van der Waals surface area contributed by atoms with Crippen LogP contribution >= 0.6 is 0 Å². The Balaban J connectivity index is 1.39. The Labute approximate surface area is 163 Å². The number of ether oxygens (including phenoxy) is 2. The van der Waals surface area contributed by atoms with Gasteiger partial charge in [0.2, 0.25) is 5.78 Å². The van der Waals surface area contributed by atoms with E-state index in [0.29, 0.717) is 11.3 Å². The van der Waals surface area contributed by atoms with Crippen molar-refractivity contribution in [3.05, 3.63) is 53.6 Å². The molecule has 1 unspecified atom stereocenters. The summed E-state index contributed by atoms with van der Waals surface area (Å²) < 4.78 is 15.1. The maximum absolute atomic E-state index is 12.7. The molecule has 0 saturated carbocycles. The molecule has 0 aliphatic carbocycles. The van der Waals surface area contributed by atoms with E-state index in [1.54, 1.807) is 16.8 Å². The monoisotopic (exact) mass is 381 g/mol. The minimum absolute atomic E-state index is 0.00551. The molecule has 2 aromatic heterocycles. The van der Waals surface area contributed by atoms with Crippen LogP contribution in [0.15, 0.2) is 36.7 Å². The van der Waals surface area contributed by atoms with E-state index in [1.807, 2.05) is 32.0 Å². The molecule has 8 heteroatoms. The SMILES string of the molecule is Cc1cc(C(=O)COc2ccc(-n3cnnn3)cc2)c(C)n1CC1CCCO1. The molecule has 1 aliphatic heterocycles. The molecule has 0 spiro atoms. The van der Waals surface area contributed by atoms with Crippen molar-refractivity contribution < 1.29 is 14.3 Å². The van der Waals surface area contributed by atoms with Gasteiger partial charge in [0.15, 0.2) is 6.61 Å². The minimum atomic E-state index is -0.0313. The number of Topliss-reactive ketones (excluding diaryl/α,β-unsaturated/α-hetero) is 1. The first-order chi connectivity index (χ1) is 13.6. The second-order valence-electron chi connectivity index (χ2n) is 6.99. The van der Waals surface area contributed by atoms with Crippen LogP contribution in [0.4, 0.5) is 0 Å². The lowest BCUT2D eigenvalue weighted by atomic mass is 10.1. The summed E-state index contributed by atoms with van der Waals surface area (Å²) in [6, 6.07) is 9.21. The highest BCUT2D eigenvalue weighted by atomic mass is 16.5. The number of hydrogen-bond donors (Lipinski definition) is 0. The summed E-state index contributed by atoms with van der Waals surface area (Å²) in [5, 5.41) is 11.1. The topological polar surface area (TPSA) is 84.1 Å². The Bertz CT molecular complexity index is 941. The highest BCUT2D eigenvalue weighted by molar-refractivity contribution is 5.98. The summed E-state index contributed by atoms with van der Waals surface area (Å²) in [5.41, 5.74) is 3.57. The quantitative estimate of drug-likeness (QED) is 0.585. The first kappa shape index (κ1) is 18.4. The molecule has 0 amide bonds. The summed E-state index contributed by atoms with van der Waals surface area (Å²) in [6.07, 6.45) is 3.94. The summed E-state index contributed by atoms with van der Waals surface area (Å²) >= 11 is 0. The number of carbonyl (C=O) groups excluding carboxylic acids is 1. The Hall–Kier alpha value is -3.00. The van der Waals surface area contributed by atoms with E-state index < -0.39 is 0 Å². The third kappa shape index (κ3) is 3.82. The van der Waals surface area contributed by atoms with Gasteiger partial charge < -0.3 is 14.0 Å². The average molecular weight is 381 g/mol. The van der Waals surface area contributed by atoms with Crippen LogP contribution in [-0.2, 0) is 11.3 Å². The predicted octanol–water partition coefficient (Wildman–Crippen LogP) is 2.52. The predicted molar refractivity (Wildman–Crippen MR) is 102 cm³/mol. The van der Waals surface area contributed by atoms with Crippen LogP contribution < -0.4 is 4.74 Å². The summed E-state index contributed by atoms with van der Waals surface area (Å²) in [4.78, 5) is 12.7. The summed E-state index contributed by atoms with van der Waals surface area (Å²) in [5.74, 6) is 0.592. The van der Waals surface area contributed by atoms with E-state index in [0.717, 1.165) is 43.1 Å². The standard InChI is InChI=1S/C20H23N5O3/c1-14-10-19(15(2)24(14)11-18-4-3-9-27-18)20(26)12-28-17-7-5-16(6-8-17)25-13-21-22-23-25/h5-8,10,13,18H,3-4,9,11-12H2,1-2H3. The van der Waals surface area contributed by atoms with Crippen molar-refractivity contribution in [1.29, 1.82) is 0 Å². The Morgan fingerprint density at radius 2 is 2.11 bits per heavy atom. The maximum atomic E-state index is 12.7. The number of benzene rings is 1. The van der Waals surface area contributed by atoms with Gasteiger partial charge in [-0.1, -0.05) is 0 Å². The Morgan fingerprint density at radius 3 is 2.79 bits per heavy atom. The second-order valence-corrected chi connectivity index (χ2v) is 6.99. The molecule has 28 heavy (non-hydrogen) atoms. The van der Waals surface area contributed by atoms with Gasteiger partial charge in [0.05, 0.1) is 11.8 Å². The first-order valence-corrected chi connectivity index (χ1v) is 9.39. The Morgan fingerprint density at radius 1 is 1.29 bits per heavy atom. The zero-order valence-electron chi connectivity index (χ0n) is 16.0. The fraction of sp³-hybridized carbons (Fsp3) is 0.400. The van der Waals surface area contributed by atoms with Crippen molar-refractivity contribution >= 4 is 5.78 Å². The summed E-state index contributed by atoms with van der Waals surface area (Å²) in [7, 11) is 0. The number of tetrazole rings is 1. The van der Waals surface area contributed by atoms with Crippen LogP contribution in [0.1, 0.15) is 34.6 Å². The fourth-order valence-corrected chi connectivity index (χ4v) is 3.56. The van der Waals surface area contributed by atoms with Gasteiger partial charge in [-0.2, -0.15) is 0 Å². The van der Waals surface area contributed by atoms with Crippen LogP contribution in [0.2, 0.25) is 0 Å². The summed E-state index contributed by atoms with van der Waals surface area (Å²) in [6.45, 7) is 5.63. The van der Waals surface area contributed by atoms with Crippen LogP contribution in [-0.4, -0.2) is 49.9 Å². The maximum Gasteiger partial charge on any atom is 0.202 e. The third-order valence-electron chi connectivity index (χ3n) is 5.10. The molecule has 3 aromatic rings. The largest absolute Gasteiger partial charge is 0.485 e. The van der Waals surface area contributed by atoms with Crippen LogP contribution in [0, 0.1) is 13.8 Å². The molecule has 8 nitrogen and oxygen atoms in total. The molecular weight excluding hydrogens is 358 g/mol. The van der Waals surface area contributed by atoms with E-state index in [2.05, 4.69) is 20.1 Å². The normalized spacial score (nSPS) is 16.4. The van der Waals surface area contributed by atoms with Crippen molar-refractivity contribution in [2.75, 3.05) is 13.2 Å². The smallest absolute Gasteiger partial charge is 0.202 e. The second kappa shape index (κ2) is 7.93. The average Bonchev–Trinajstić information content (AvgIpc) is 3.46. The zero-order chi connectivity index (χ0) is 19.5. The van der Waals surface area contributed by atoms with Crippen molar-refractivity contribution in [3.63, 3.8) is 0 Å². The fourth-order valence-electron chi connectivity index (χ4n) is 3.56. The number of carbonyl (C=O) groups is 1. The van der Waals surface area contributed by atoms with E-state index in [4.69, 9.17) is 9.47 Å². The zero-order valence-corrected chi connectivity index (χ0v) is 16.0. The van der Waals surface area contributed by atoms with Gasteiger partial charge in [0, 0.05) is 30.1 Å². The molecule has 1 saturated heterocycles. The number of nitrogens with zero attached hydrogens (tertiary/aromatic N) is 5. The molecule has 4 rings (SSSR count). The highest BCUT2D eigenvalue weighted by Crippen LogP contribution is 2.21. The molecule has 1 atom stereocenters. The minimum Gasteiger partial charge on any atom is -0.485 e. The number of rotatable bonds is 7. The molecule has 1 aromatic carbocycles. The number of hydrogen-bond acceptors (Lipinski definition) is 6. The Kier molecular flexibility index (Phi) is 5.21. The van der Waals surface area contributed by atoms with Gasteiger partial charge in [0.1, 0.15) is 12.1 Å². The molecule has 0 radical (unpaired) electrons. The van der Waals surface area contributed by atoms with Gasteiger partial charge in [-0.25, -0.2) is 4.68 Å². The molecule has 1 aliphatic rings. The van der Waals surface area contributed by atoms with Crippen molar-refractivity contribution in [1.82, 2.24) is 24.8 Å². The highest BCUT2D eigenvalue weighted by Gasteiger charge is 2.21. The van der Waals surface area contributed by atoms with Crippen LogP contribution in [0.5, 0.6) is 5.75 Å². The molecule has 146 valence electrons.